The number of H-pyrrole nitrogens is 1. The van der Waals surface area contributed by atoms with Gasteiger partial charge in [-0.3, -0.25) is 4.79 Å². The summed E-state index contributed by atoms with van der Waals surface area (Å²) in [6.07, 6.45) is 3.59. The Morgan fingerprint density at radius 2 is 2.16 bits per heavy atom. The second-order valence-electron chi connectivity index (χ2n) is 8.42. The van der Waals surface area contributed by atoms with Crippen LogP contribution in [0, 0.1) is 0 Å². The highest BCUT2D eigenvalue weighted by atomic mass is 16.6. The number of amides is 1. The van der Waals surface area contributed by atoms with Gasteiger partial charge >= 0.3 is 12.7 Å². The molecule has 3 heterocycles. The van der Waals surface area contributed by atoms with E-state index in [1.807, 2.05) is 0 Å². The van der Waals surface area contributed by atoms with Crippen LogP contribution in [0.5, 0.6) is 11.5 Å². The van der Waals surface area contributed by atoms with Crippen molar-refractivity contribution in [3.8, 4) is 11.5 Å². The number of nitrogens with two attached hydrogens (primary N) is 1. The fourth-order valence-corrected chi connectivity index (χ4v) is 4.44. The largest absolute Gasteiger partial charge is 0.669 e. The van der Waals surface area contributed by atoms with E-state index in [0.717, 1.165) is 5.69 Å². The minimum atomic E-state index is -3.10. The molecular weight excluding hydrogens is 407 g/mol. The monoisotopic (exact) mass is 429 g/mol. The number of carboxylic acids is 1. The Bertz CT molecular complexity index is 1040. The maximum atomic E-state index is 12.5. The third-order valence-corrected chi connectivity index (χ3v) is 6.22. The minimum absolute atomic E-state index is 0.0532. The van der Waals surface area contributed by atoms with Crippen molar-refractivity contribution in [2.75, 3.05) is 13.1 Å². The van der Waals surface area contributed by atoms with Gasteiger partial charge in [-0.1, -0.05) is 18.3 Å². The number of aromatic carboxylic acids is 1. The molecule has 1 saturated heterocycles. The number of hydrogen-bond donors (Lipinski definition) is 5. The zero-order valence-electron chi connectivity index (χ0n) is 16.5. The zero-order chi connectivity index (χ0) is 21.9. The van der Waals surface area contributed by atoms with Crippen molar-refractivity contribution in [2.24, 2.45) is 5.73 Å². The van der Waals surface area contributed by atoms with Gasteiger partial charge in [0, 0.05) is 18.3 Å². The van der Waals surface area contributed by atoms with Crippen molar-refractivity contribution >= 4 is 18.6 Å². The lowest BCUT2D eigenvalue weighted by Crippen LogP contribution is -2.60. The number of imidazole rings is 1. The topological polar surface area (TPSA) is 171 Å². The second-order valence-corrected chi connectivity index (χ2v) is 8.42. The fourth-order valence-electron chi connectivity index (χ4n) is 4.44. The molecule has 2 aliphatic heterocycles. The third kappa shape index (κ3) is 3.42. The number of hydrogen-bond acceptors (Lipinski definition) is 8. The van der Waals surface area contributed by atoms with Crippen LogP contribution in [0.3, 0.4) is 0 Å². The van der Waals surface area contributed by atoms with Gasteiger partial charge in [-0.2, -0.15) is 0 Å². The molecule has 1 aromatic heterocycles. The van der Waals surface area contributed by atoms with Crippen molar-refractivity contribution in [3.63, 3.8) is 0 Å². The highest BCUT2D eigenvalue weighted by Crippen LogP contribution is 2.63. The zero-order valence-corrected chi connectivity index (χ0v) is 16.5. The SMILES string of the molecule is N[C@@H](Cc1cnc[nH]1)C(=O)N1CC(Oc2ccc3c(c2C(=O)O)O[B-](O)(O)[C@@H]2CC32)C1. The highest BCUT2D eigenvalue weighted by molar-refractivity contribution is 6.62. The van der Waals surface area contributed by atoms with E-state index < -0.39 is 30.7 Å². The molecule has 1 aliphatic carbocycles. The fraction of sp³-hybridized carbons (Fsp3) is 0.421. The summed E-state index contributed by atoms with van der Waals surface area (Å²) in [5.41, 5.74) is 7.15. The number of rotatable bonds is 6. The first-order chi connectivity index (χ1) is 14.7. The average molecular weight is 429 g/mol. The quantitative estimate of drug-likeness (QED) is 0.378. The van der Waals surface area contributed by atoms with Gasteiger partial charge < -0.3 is 40.2 Å². The van der Waals surface area contributed by atoms with Gasteiger partial charge in [0.2, 0.25) is 5.91 Å². The lowest BCUT2D eigenvalue weighted by atomic mass is 9.68. The lowest BCUT2D eigenvalue weighted by Gasteiger charge is -2.41. The van der Waals surface area contributed by atoms with E-state index in [4.69, 9.17) is 15.1 Å². The number of ether oxygens (including phenoxy) is 1. The molecule has 3 atom stereocenters. The Labute approximate surface area is 176 Å². The predicted octanol–water partition coefficient (Wildman–Crippen LogP) is -0.559. The summed E-state index contributed by atoms with van der Waals surface area (Å²) < 4.78 is 11.1. The second kappa shape index (κ2) is 6.97. The Balaban J connectivity index is 1.27. The number of carbonyl (C=O) groups excluding carboxylic acids is 1. The van der Waals surface area contributed by atoms with Gasteiger partial charge in [-0.25, -0.2) is 9.78 Å². The first-order valence-corrected chi connectivity index (χ1v) is 10.1. The number of aromatic amines is 1. The molecular formula is C19H22BN4O7-. The molecule has 12 heteroatoms. The van der Waals surface area contributed by atoms with Gasteiger partial charge in [0.15, 0.2) is 0 Å². The molecule has 6 N–H and O–H groups in total. The number of nitrogens with one attached hydrogen (secondary N) is 1. The highest BCUT2D eigenvalue weighted by Gasteiger charge is 2.55. The van der Waals surface area contributed by atoms with Crippen LogP contribution in [0.1, 0.15) is 34.0 Å². The summed E-state index contributed by atoms with van der Waals surface area (Å²) in [7, 11) is 0. The molecule has 1 saturated carbocycles. The number of likely N-dealkylation sites (tertiary alicyclic amines) is 1. The molecule has 11 nitrogen and oxygen atoms in total. The molecule has 2 fully saturated rings. The molecule has 0 radical (unpaired) electrons. The Morgan fingerprint density at radius 1 is 1.39 bits per heavy atom. The standard InChI is InChI=1S/C19H22BN4O7/c21-14(3-9-5-22-8-23-9)18(25)24-6-10(7-24)30-15-2-1-11-12-4-13(12)20(28,29)31-17(11)16(15)19(26)27/h1-2,5,8,10,12-14,28-29H,3-4,6-7,21H2,(H,22,23)(H,26,27)/q-1/t12?,13-,14+/m1/s1. The first kappa shape index (κ1) is 19.9. The number of aromatic nitrogens is 2. The normalized spacial score (nSPS) is 24.3. The Morgan fingerprint density at radius 3 is 2.84 bits per heavy atom. The van der Waals surface area contributed by atoms with Crippen LogP contribution in [0.25, 0.3) is 0 Å². The van der Waals surface area contributed by atoms with Gasteiger partial charge in [0.25, 0.3) is 0 Å². The molecule has 31 heavy (non-hydrogen) atoms. The molecule has 1 amide bonds. The van der Waals surface area contributed by atoms with E-state index in [2.05, 4.69) is 9.97 Å². The predicted molar refractivity (Wildman–Crippen MR) is 107 cm³/mol. The van der Waals surface area contributed by atoms with Gasteiger partial charge in [-0.15, -0.1) is 0 Å². The van der Waals surface area contributed by atoms with Crippen molar-refractivity contribution in [2.45, 2.75) is 36.7 Å². The van der Waals surface area contributed by atoms with Crippen LogP contribution < -0.4 is 15.1 Å². The maximum absolute atomic E-state index is 12.5. The van der Waals surface area contributed by atoms with E-state index in [-0.39, 0.29) is 42.0 Å². The van der Waals surface area contributed by atoms with Gasteiger partial charge in [0.1, 0.15) is 17.4 Å². The summed E-state index contributed by atoms with van der Waals surface area (Å²) in [6.45, 7) is -2.56. The van der Waals surface area contributed by atoms with Crippen LogP contribution in [0.4, 0.5) is 0 Å². The molecule has 1 unspecified atom stereocenters. The minimum Gasteiger partial charge on any atom is -0.669 e. The molecule has 0 spiro atoms. The molecule has 5 rings (SSSR count). The molecule has 0 bridgehead atoms. The molecule has 2 aromatic rings. The number of fused-ring (bicyclic) bond motifs is 3. The summed E-state index contributed by atoms with van der Waals surface area (Å²) in [5.74, 6) is -2.03. The summed E-state index contributed by atoms with van der Waals surface area (Å²) in [4.78, 5) is 32.7. The molecule has 1 aromatic carbocycles. The number of carbonyl (C=O) groups is 2. The summed E-state index contributed by atoms with van der Waals surface area (Å²) in [5, 5.41) is 29.9. The smallest absolute Gasteiger partial charge is 0.434 e. The van der Waals surface area contributed by atoms with E-state index >= 15 is 0 Å². The average Bonchev–Trinajstić information content (AvgIpc) is 3.34. The van der Waals surface area contributed by atoms with E-state index in [1.165, 1.54) is 6.33 Å². The number of benzene rings is 1. The van der Waals surface area contributed by atoms with Crippen molar-refractivity contribution < 1.29 is 34.1 Å². The van der Waals surface area contributed by atoms with Crippen LogP contribution in [0.2, 0.25) is 5.82 Å². The van der Waals surface area contributed by atoms with Crippen molar-refractivity contribution in [1.29, 1.82) is 0 Å². The van der Waals surface area contributed by atoms with Crippen LogP contribution >= 0.6 is 0 Å². The molecule has 3 aliphatic rings. The lowest BCUT2D eigenvalue weighted by molar-refractivity contribution is -0.141. The number of nitrogens with zero attached hydrogens (tertiary/aromatic N) is 2. The van der Waals surface area contributed by atoms with Crippen LogP contribution in [-0.4, -0.2) is 73.9 Å². The Hall–Kier alpha value is -3.09. The van der Waals surface area contributed by atoms with Crippen LogP contribution in [0.15, 0.2) is 24.7 Å². The van der Waals surface area contributed by atoms with E-state index in [1.54, 1.807) is 23.2 Å². The van der Waals surface area contributed by atoms with E-state index in [9.17, 15) is 24.7 Å². The van der Waals surface area contributed by atoms with Crippen LogP contribution in [-0.2, 0) is 11.2 Å². The maximum Gasteiger partial charge on any atom is 0.434 e. The third-order valence-electron chi connectivity index (χ3n) is 6.22. The van der Waals surface area contributed by atoms with Crippen molar-refractivity contribution in [3.05, 3.63) is 41.5 Å². The van der Waals surface area contributed by atoms with Gasteiger partial charge in [-0.05, 0) is 17.5 Å². The first-order valence-electron chi connectivity index (χ1n) is 10.1. The molecule has 164 valence electrons. The summed E-state index contributed by atoms with van der Waals surface area (Å²) in [6, 6.07) is 2.54. The number of carboxylic acid groups (broad SMARTS) is 1. The van der Waals surface area contributed by atoms with Crippen molar-refractivity contribution in [1.82, 2.24) is 14.9 Å². The Kier molecular flexibility index (Phi) is 4.47. The van der Waals surface area contributed by atoms with Gasteiger partial charge in [0.05, 0.1) is 31.2 Å². The van der Waals surface area contributed by atoms with E-state index in [0.29, 0.717) is 18.4 Å². The summed E-state index contributed by atoms with van der Waals surface area (Å²) >= 11 is 0.